The number of aromatic carboxylic acids is 1. The highest BCUT2D eigenvalue weighted by atomic mass is 19.1. The Hall–Kier alpha value is -4.51. The highest BCUT2D eigenvalue weighted by Gasteiger charge is 2.44. The van der Waals surface area contributed by atoms with E-state index in [2.05, 4.69) is 16.3 Å². The fourth-order valence-electron chi connectivity index (χ4n) is 5.45. The summed E-state index contributed by atoms with van der Waals surface area (Å²) in [4.78, 5) is 11.5. The van der Waals surface area contributed by atoms with Crippen LogP contribution in [-0.2, 0) is 5.41 Å². The van der Waals surface area contributed by atoms with Gasteiger partial charge in [0.05, 0.1) is 28.1 Å². The summed E-state index contributed by atoms with van der Waals surface area (Å²) in [5.41, 5.74) is 4.14. The Balaban J connectivity index is 1.77. The molecule has 0 radical (unpaired) electrons. The first-order valence-electron chi connectivity index (χ1n) is 11.6. The summed E-state index contributed by atoms with van der Waals surface area (Å²) < 4.78 is 30.4. The van der Waals surface area contributed by atoms with Crippen molar-refractivity contribution in [3.8, 4) is 22.9 Å². The molecule has 0 bridgehead atoms. The third kappa shape index (κ3) is 3.20. The number of aromatic nitrogens is 3. The molecule has 1 fully saturated rings. The summed E-state index contributed by atoms with van der Waals surface area (Å²) in [6.45, 7) is 0. The molecular formula is C28H20F2N4O2. The fourth-order valence-corrected chi connectivity index (χ4v) is 5.45. The van der Waals surface area contributed by atoms with E-state index >= 15 is 0 Å². The second-order valence-corrected chi connectivity index (χ2v) is 9.32. The number of rotatable bonds is 5. The van der Waals surface area contributed by atoms with Crippen molar-refractivity contribution in [2.45, 2.75) is 31.1 Å². The highest BCUT2D eigenvalue weighted by Crippen LogP contribution is 2.53. The predicted octanol–water partition coefficient (Wildman–Crippen LogP) is 6.49. The molecule has 2 aromatic heterocycles. The Morgan fingerprint density at radius 2 is 1.81 bits per heavy atom. The zero-order chi connectivity index (χ0) is 25.0. The van der Waals surface area contributed by atoms with Crippen LogP contribution in [0.25, 0.3) is 38.6 Å². The summed E-state index contributed by atoms with van der Waals surface area (Å²) in [6.07, 6.45) is 2.85. The molecule has 1 aliphatic carbocycles. The number of hydrogen-bond donors (Lipinski definition) is 2. The van der Waals surface area contributed by atoms with Crippen molar-refractivity contribution in [1.82, 2.24) is 14.8 Å². The summed E-state index contributed by atoms with van der Waals surface area (Å²) in [5.74, 6) is -2.02. The van der Waals surface area contributed by atoms with Crippen LogP contribution in [0.5, 0.6) is 0 Å². The average molecular weight is 482 g/mol. The normalized spacial score (nSPS) is 14.6. The number of fused-ring (bicyclic) bond motifs is 2. The third-order valence-corrected chi connectivity index (χ3v) is 7.34. The SMILES string of the molecule is N#CCC1(c2c(-c3ccc(C(=O)O)cc3)c3cc4[nH]nc(F)c4cc3n2-c2ccc(F)cc2)CCC1. The van der Waals surface area contributed by atoms with Gasteiger partial charge in [-0.3, -0.25) is 5.10 Å². The second kappa shape index (κ2) is 8.02. The number of hydrogen-bond acceptors (Lipinski definition) is 3. The summed E-state index contributed by atoms with van der Waals surface area (Å²) >= 11 is 0. The Labute approximate surface area is 204 Å². The van der Waals surface area contributed by atoms with Crippen LogP contribution >= 0.6 is 0 Å². The lowest BCUT2D eigenvalue weighted by Gasteiger charge is -2.42. The molecule has 1 aliphatic rings. The number of benzene rings is 3. The van der Waals surface area contributed by atoms with Gasteiger partial charge in [0.2, 0.25) is 5.95 Å². The van der Waals surface area contributed by atoms with Crippen LogP contribution in [0.15, 0.2) is 60.7 Å². The lowest BCUT2D eigenvalue weighted by atomic mass is 9.63. The molecule has 0 saturated heterocycles. The van der Waals surface area contributed by atoms with Gasteiger partial charge in [0, 0.05) is 34.2 Å². The van der Waals surface area contributed by atoms with Crippen molar-refractivity contribution >= 4 is 27.8 Å². The molecular weight excluding hydrogens is 462 g/mol. The molecule has 0 spiro atoms. The van der Waals surface area contributed by atoms with Crippen LogP contribution in [0.1, 0.15) is 41.7 Å². The lowest BCUT2D eigenvalue weighted by Crippen LogP contribution is -2.36. The largest absolute Gasteiger partial charge is 0.478 e. The number of carboxylic acids is 1. The fraction of sp³-hybridized carbons (Fsp3) is 0.179. The van der Waals surface area contributed by atoms with Crippen LogP contribution in [0, 0.1) is 23.1 Å². The van der Waals surface area contributed by atoms with Gasteiger partial charge < -0.3 is 9.67 Å². The van der Waals surface area contributed by atoms with E-state index < -0.39 is 17.3 Å². The van der Waals surface area contributed by atoms with E-state index in [1.165, 1.54) is 12.1 Å². The summed E-state index contributed by atoms with van der Waals surface area (Å²) in [5, 5.41) is 26.8. The van der Waals surface area contributed by atoms with Gasteiger partial charge >= 0.3 is 5.97 Å². The van der Waals surface area contributed by atoms with Crippen LogP contribution in [-0.4, -0.2) is 25.8 Å². The smallest absolute Gasteiger partial charge is 0.335 e. The third-order valence-electron chi connectivity index (χ3n) is 7.34. The van der Waals surface area contributed by atoms with E-state index in [1.54, 1.807) is 42.5 Å². The number of halogens is 2. The molecule has 2 N–H and O–H groups in total. The van der Waals surface area contributed by atoms with Gasteiger partial charge in [-0.15, -0.1) is 5.10 Å². The number of nitrogens with zero attached hydrogens (tertiary/aromatic N) is 3. The van der Waals surface area contributed by atoms with Crippen LogP contribution in [0.4, 0.5) is 8.78 Å². The lowest BCUT2D eigenvalue weighted by molar-refractivity contribution is 0.0697. The quantitative estimate of drug-likeness (QED) is 0.300. The molecule has 2 heterocycles. The van der Waals surface area contributed by atoms with Gasteiger partial charge in [0.25, 0.3) is 0 Å². The van der Waals surface area contributed by atoms with Crippen molar-refractivity contribution in [2.75, 3.05) is 0 Å². The van der Waals surface area contributed by atoms with Crippen LogP contribution < -0.4 is 0 Å². The number of H-pyrrole nitrogens is 1. The molecule has 6 rings (SSSR count). The van der Waals surface area contributed by atoms with Crippen molar-refractivity contribution in [2.24, 2.45) is 0 Å². The minimum atomic E-state index is -1.02. The predicted molar refractivity (Wildman–Crippen MR) is 131 cm³/mol. The summed E-state index contributed by atoms with van der Waals surface area (Å²) in [7, 11) is 0. The number of carbonyl (C=O) groups is 1. The summed E-state index contributed by atoms with van der Waals surface area (Å²) in [6, 6.07) is 18.6. The van der Waals surface area contributed by atoms with Crippen LogP contribution in [0.2, 0.25) is 0 Å². The van der Waals surface area contributed by atoms with Gasteiger partial charge in [-0.25, -0.2) is 9.18 Å². The maximum atomic E-state index is 14.5. The Kier molecular flexibility index (Phi) is 4.90. The van der Waals surface area contributed by atoms with Gasteiger partial charge in [-0.2, -0.15) is 9.65 Å². The molecule has 0 aliphatic heterocycles. The molecule has 0 unspecified atom stereocenters. The highest BCUT2D eigenvalue weighted by molar-refractivity contribution is 6.06. The Morgan fingerprint density at radius 3 is 2.42 bits per heavy atom. The zero-order valence-corrected chi connectivity index (χ0v) is 19.1. The molecule has 178 valence electrons. The molecule has 8 heteroatoms. The van der Waals surface area contributed by atoms with E-state index in [-0.39, 0.29) is 11.4 Å². The molecule has 6 nitrogen and oxygen atoms in total. The van der Waals surface area contributed by atoms with Crippen molar-refractivity contribution in [3.63, 3.8) is 0 Å². The molecule has 0 amide bonds. The molecule has 36 heavy (non-hydrogen) atoms. The standard InChI is InChI=1S/C28H20F2N4O2/c29-18-6-8-19(9-7-18)34-23-15-20-22(32-33-26(20)30)14-21(23)24(16-2-4-17(5-3-16)27(35)36)25(34)28(12-13-31)10-1-11-28/h2-9,14-15H,1,10-12H2,(H,32,33)(H,35,36). The van der Waals surface area contributed by atoms with Crippen molar-refractivity contribution < 1.29 is 18.7 Å². The van der Waals surface area contributed by atoms with Gasteiger partial charge in [0.1, 0.15) is 5.82 Å². The van der Waals surface area contributed by atoms with E-state index in [0.29, 0.717) is 28.5 Å². The molecule has 0 atom stereocenters. The maximum Gasteiger partial charge on any atom is 0.335 e. The van der Waals surface area contributed by atoms with E-state index in [4.69, 9.17) is 0 Å². The van der Waals surface area contributed by atoms with Crippen molar-refractivity contribution in [1.29, 1.82) is 5.26 Å². The first kappa shape index (κ1) is 22.0. The first-order valence-corrected chi connectivity index (χ1v) is 11.6. The number of nitrogens with one attached hydrogen (secondary N) is 1. The Morgan fingerprint density at radius 1 is 1.08 bits per heavy atom. The first-order chi connectivity index (χ1) is 17.4. The minimum absolute atomic E-state index is 0.163. The average Bonchev–Trinajstić information content (AvgIpc) is 3.38. The second-order valence-electron chi connectivity index (χ2n) is 9.32. The monoisotopic (exact) mass is 482 g/mol. The number of aromatic amines is 1. The van der Waals surface area contributed by atoms with Gasteiger partial charge in [-0.1, -0.05) is 18.6 Å². The maximum absolute atomic E-state index is 14.5. The molecule has 1 saturated carbocycles. The van der Waals surface area contributed by atoms with E-state index in [0.717, 1.165) is 41.5 Å². The zero-order valence-electron chi connectivity index (χ0n) is 19.1. The van der Waals surface area contributed by atoms with Crippen LogP contribution in [0.3, 0.4) is 0 Å². The van der Waals surface area contributed by atoms with Crippen molar-refractivity contribution in [3.05, 3.63) is 83.7 Å². The van der Waals surface area contributed by atoms with Gasteiger partial charge in [0.15, 0.2) is 0 Å². The Bertz CT molecular complexity index is 1690. The number of carboxylic acid groups (broad SMARTS) is 1. The van der Waals surface area contributed by atoms with E-state index in [1.807, 2.05) is 10.6 Å². The van der Waals surface area contributed by atoms with E-state index in [9.17, 15) is 23.9 Å². The molecule has 3 aromatic carbocycles. The van der Waals surface area contributed by atoms with Gasteiger partial charge in [-0.05, 0) is 66.9 Å². The minimum Gasteiger partial charge on any atom is -0.478 e. The number of nitriles is 1. The topological polar surface area (TPSA) is 94.7 Å². The molecule has 5 aromatic rings.